The minimum atomic E-state index is -0.557. The summed E-state index contributed by atoms with van der Waals surface area (Å²) in [6.45, 7) is -0.209. The van der Waals surface area contributed by atoms with Crippen LogP contribution in [0, 0.1) is 0 Å². The van der Waals surface area contributed by atoms with Crippen molar-refractivity contribution in [2.75, 3.05) is 29.6 Å². The van der Waals surface area contributed by atoms with E-state index in [2.05, 4.69) is 16.0 Å². The molecule has 0 saturated heterocycles. The predicted molar refractivity (Wildman–Crippen MR) is 59.1 cm³/mol. The van der Waals surface area contributed by atoms with Crippen molar-refractivity contribution >= 4 is 23.0 Å². The molecule has 0 spiro atoms. The maximum absolute atomic E-state index is 11.4. The Hall–Kier alpha value is -1.75. The molecule has 0 aliphatic carbocycles. The molecule has 15 heavy (non-hydrogen) atoms. The lowest BCUT2D eigenvalue weighted by molar-refractivity contribution is -0.117. The van der Waals surface area contributed by atoms with Gasteiger partial charge in [-0.2, -0.15) is 0 Å². The highest BCUT2D eigenvalue weighted by molar-refractivity contribution is 6.03. The summed E-state index contributed by atoms with van der Waals surface area (Å²) < 4.78 is 0. The van der Waals surface area contributed by atoms with E-state index in [1.807, 2.05) is 25.2 Å². The first kappa shape index (κ1) is 9.79. The summed E-state index contributed by atoms with van der Waals surface area (Å²) in [5.74, 6) is -0.210. The highest BCUT2D eigenvalue weighted by Crippen LogP contribution is 2.29. The lowest BCUT2D eigenvalue weighted by atomic mass is 10.1. The van der Waals surface area contributed by atoms with Gasteiger partial charge in [-0.3, -0.25) is 4.79 Å². The van der Waals surface area contributed by atoms with E-state index >= 15 is 0 Å². The van der Waals surface area contributed by atoms with E-state index in [-0.39, 0.29) is 12.5 Å². The van der Waals surface area contributed by atoms with Crippen molar-refractivity contribution in [1.29, 1.82) is 0 Å². The van der Waals surface area contributed by atoms with Crippen LogP contribution in [-0.2, 0) is 4.79 Å². The van der Waals surface area contributed by atoms with Gasteiger partial charge in [0.05, 0.1) is 18.0 Å². The van der Waals surface area contributed by atoms with Crippen LogP contribution in [0.25, 0.3) is 0 Å². The number of fused-ring (bicyclic) bond motifs is 1. The molecule has 1 atom stereocenters. The third kappa shape index (κ3) is 1.73. The van der Waals surface area contributed by atoms with Crippen molar-refractivity contribution in [3.63, 3.8) is 0 Å². The zero-order valence-corrected chi connectivity index (χ0v) is 8.37. The monoisotopic (exact) mass is 207 g/mol. The molecule has 2 rings (SSSR count). The summed E-state index contributed by atoms with van der Waals surface area (Å²) in [5.41, 5.74) is 2.49. The zero-order valence-electron chi connectivity index (χ0n) is 8.37. The molecule has 1 amide bonds. The number of aliphatic hydroxyl groups excluding tert-OH is 1. The van der Waals surface area contributed by atoms with E-state index in [4.69, 9.17) is 5.11 Å². The van der Waals surface area contributed by atoms with Gasteiger partial charge in [-0.15, -0.1) is 0 Å². The molecule has 5 heteroatoms. The number of benzene rings is 1. The van der Waals surface area contributed by atoms with Crippen molar-refractivity contribution in [3.8, 4) is 0 Å². The highest BCUT2D eigenvalue weighted by Gasteiger charge is 2.24. The third-order valence-electron chi connectivity index (χ3n) is 2.39. The predicted octanol–water partition coefficient (Wildman–Crippen LogP) is 0.453. The first-order valence-corrected chi connectivity index (χ1v) is 4.74. The molecule has 1 unspecified atom stereocenters. The second-order valence-corrected chi connectivity index (χ2v) is 3.38. The van der Waals surface area contributed by atoms with Gasteiger partial charge in [0, 0.05) is 12.7 Å². The fourth-order valence-electron chi connectivity index (χ4n) is 1.53. The van der Waals surface area contributed by atoms with Crippen LogP contribution in [0.4, 0.5) is 17.1 Å². The minimum absolute atomic E-state index is 0.209. The van der Waals surface area contributed by atoms with Gasteiger partial charge in [-0.1, -0.05) is 0 Å². The number of anilines is 3. The Kier molecular flexibility index (Phi) is 2.47. The van der Waals surface area contributed by atoms with E-state index in [9.17, 15) is 4.79 Å². The third-order valence-corrected chi connectivity index (χ3v) is 2.39. The van der Waals surface area contributed by atoms with Crippen molar-refractivity contribution in [2.45, 2.75) is 6.04 Å². The van der Waals surface area contributed by atoms with Gasteiger partial charge >= 0.3 is 0 Å². The molecule has 4 N–H and O–H groups in total. The molecule has 0 saturated carbocycles. The van der Waals surface area contributed by atoms with E-state index in [0.717, 1.165) is 17.1 Å². The smallest absolute Gasteiger partial charge is 0.249 e. The summed E-state index contributed by atoms with van der Waals surface area (Å²) >= 11 is 0. The molecule has 1 aromatic rings. The maximum atomic E-state index is 11.4. The number of amides is 1. The lowest BCUT2D eigenvalue weighted by Crippen LogP contribution is -2.41. The average Bonchev–Trinajstić information content (AvgIpc) is 2.27. The summed E-state index contributed by atoms with van der Waals surface area (Å²) in [7, 11) is 1.82. The molecule has 1 heterocycles. The Morgan fingerprint density at radius 2 is 2.27 bits per heavy atom. The Morgan fingerprint density at radius 3 is 2.93 bits per heavy atom. The number of carbonyl (C=O) groups excluding carboxylic acids is 1. The molecule has 80 valence electrons. The molecule has 1 aromatic carbocycles. The number of nitrogens with one attached hydrogen (secondary N) is 3. The molecule has 0 aromatic heterocycles. The molecule has 1 aliphatic rings. The van der Waals surface area contributed by atoms with Gasteiger partial charge in [0.1, 0.15) is 6.04 Å². The van der Waals surface area contributed by atoms with Gasteiger partial charge in [0.15, 0.2) is 0 Å². The van der Waals surface area contributed by atoms with E-state index in [1.165, 1.54) is 0 Å². The van der Waals surface area contributed by atoms with Gasteiger partial charge in [-0.25, -0.2) is 0 Å². The van der Waals surface area contributed by atoms with Crippen LogP contribution >= 0.6 is 0 Å². The number of carbonyl (C=O) groups is 1. The molecule has 0 bridgehead atoms. The number of rotatable bonds is 2. The van der Waals surface area contributed by atoms with E-state index in [1.54, 1.807) is 0 Å². The molecule has 0 fully saturated rings. The van der Waals surface area contributed by atoms with Gasteiger partial charge < -0.3 is 21.1 Å². The molecule has 0 radical (unpaired) electrons. The van der Waals surface area contributed by atoms with Crippen LogP contribution in [0.1, 0.15) is 0 Å². The van der Waals surface area contributed by atoms with Crippen molar-refractivity contribution in [2.24, 2.45) is 0 Å². The Morgan fingerprint density at radius 1 is 1.47 bits per heavy atom. The van der Waals surface area contributed by atoms with Crippen LogP contribution in [0.2, 0.25) is 0 Å². The first-order valence-electron chi connectivity index (χ1n) is 4.74. The topological polar surface area (TPSA) is 73.4 Å². The molecular formula is C10H13N3O2. The van der Waals surface area contributed by atoms with Crippen molar-refractivity contribution < 1.29 is 9.90 Å². The zero-order chi connectivity index (χ0) is 10.8. The SMILES string of the molecule is CNc1ccc2c(c1)NC(=O)C(CO)N2. The first-order chi connectivity index (χ1) is 7.24. The molecule has 5 nitrogen and oxygen atoms in total. The second-order valence-electron chi connectivity index (χ2n) is 3.38. The second kappa shape index (κ2) is 3.78. The molecular weight excluding hydrogens is 194 g/mol. The summed E-state index contributed by atoms with van der Waals surface area (Å²) in [5, 5.41) is 17.6. The van der Waals surface area contributed by atoms with E-state index in [0.29, 0.717) is 0 Å². The summed E-state index contributed by atoms with van der Waals surface area (Å²) in [6, 6.07) is 5.05. The molecule has 1 aliphatic heterocycles. The van der Waals surface area contributed by atoms with Gasteiger partial charge in [0.2, 0.25) is 5.91 Å². The van der Waals surface area contributed by atoms with Gasteiger partial charge in [-0.05, 0) is 18.2 Å². The van der Waals surface area contributed by atoms with E-state index < -0.39 is 6.04 Å². The Labute approximate surface area is 87.5 Å². The maximum Gasteiger partial charge on any atom is 0.249 e. The highest BCUT2D eigenvalue weighted by atomic mass is 16.3. The quantitative estimate of drug-likeness (QED) is 0.568. The summed E-state index contributed by atoms with van der Waals surface area (Å²) in [4.78, 5) is 11.4. The Balaban J connectivity index is 2.32. The van der Waals surface area contributed by atoms with Crippen LogP contribution in [0.3, 0.4) is 0 Å². The average molecular weight is 207 g/mol. The lowest BCUT2D eigenvalue weighted by Gasteiger charge is -2.25. The minimum Gasteiger partial charge on any atom is -0.394 e. The van der Waals surface area contributed by atoms with Gasteiger partial charge in [0.25, 0.3) is 0 Å². The fourth-order valence-corrected chi connectivity index (χ4v) is 1.53. The Bertz CT molecular complexity index is 392. The summed E-state index contributed by atoms with van der Waals surface area (Å²) in [6.07, 6.45) is 0. The normalized spacial score (nSPS) is 18.8. The largest absolute Gasteiger partial charge is 0.394 e. The van der Waals surface area contributed by atoms with Crippen molar-refractivity contribution in [3.05, 3.63) is 18.2 Å². The van der Waals surface area contributed by atoms with Crippen LogP contribution in [0.5, 0.6) is 0 Å². The van der Waals surface area contributed by atoms with Crippen LogP contribution in [0.15, 0.2) is 18.2 Å². The number of aliphatic hydroxyl groups is 1. The number of hydrogen-bond acceptors (Lipinski definition) is 4. The van der Waals surface area contributed by atoms with Crippen LogP contribution < -0.4 is 16.0 Å². The number of hydrogen-bond donors (Lipinski definition) is 4. The van der Waals surface area contributed by atoms with Crippen LogP contribution in [-0.4, -0.2) is 30.7 Å². The van der Waals surface area contributed by atoms with Crippen molar-refractivity contribution in [1.82, 2.24) is 0 Å². The fraction of sp³-hybridized carbons (Fsp3) is 0.300. The standard InChI is InChI=1S/C10H13N3O2/c1-11-6-2-3-7-8(4-6)13-10(15)9(5-14)12-7/h2-4,9,11-12,14H,5H2,1H3,(H,13,15).